The second-order valence-electron chi connectivity index (χ2n) is 1.32. The molecule has 0 spiro atoms. The molecule has 2 N–H and O–H groups in total. The molecule has 0 amide bonds. The first-order valence-electron chi connectivity index (χ1n) is 2.29. The maximum Gasteiger partial charge on any atom is 0.337 e. The summed E-state index contributed by atoms with van der Waals surface area (Å²) < 4.78 is 4.05. The molecule has 0 atom stereocenters. The van der Waals surface area contributed by atoms with E-state index in [-0.39, 0.29) is 5.57 Å². The largest absolute Gasteiger partial charge is 0.435 e. The van der Waals surface area contributed by atoms with Crippen LogP contribution in [0.5, 0.6) is 0 Å². The molecule has 0 bridgehead atoms. The summed E-state index contributed by atoms with van der Waals surface area (Å²) in [5.74, 6) is -0.778. The van der Waals surface area contributed by atoms with Crippen LogP contribution < -0.4 is 0 Å². The first kappa shape index (κ1) is 8.13. The number of carbonyl (C=O) groups excluding carboxylic acids is 1. The first-order chi connectivity index (χ1) is 4.22. The second-order valence-corrected chi connectivity index (χ2v) is 1.32. The fourth-order valence-corrected chi connectivity index (χ4v) is 0.225. The van der Waals surface area contributed by atoms with Gasteiger partial charge in [0.15, 0.2) is 6.79 Å². The number of hydrogen-bond acceptors (Lipinski definition) is 4. The van der Waals surface area contributed by atoms with Crippen molar-refractivity contribution < 1.29 is 19.7 Å². The van der Waals surface area contributed by atoms with E-state index in [9.17, 15) is 4.79 Å². The standard InChI is InChI=1S/C5H8O4/c1-4(2-6)5(8)9-3-7/h6-7H,1-3H2. The van der Waals surface area contributed by atoms with Gasteiger partial charge in [-0.3, -0.25) is 0 Å². The Morgan fingerprint density at radius 2 is 2.11 bits per heavy atom. The maximum absolute atomic E-state index is 10.3. The van der Waals surface area contributed by atoms with Gasteiger partial charge in [-0.2, -0.15) is 0 Å². The minimum atomic E-state index is -0.778. The maximum atomic E-state index is 10.3. The fourth-order valence-electron chi connectivity index (χ4n) is 0.225. The number of aliphatic hydroxyl groups is 2. The molecule has 52 valence electrons. The number of rotatable bonds is 3. The number of ether oxygens (including phenoxy) is 1. The van der Waals surface area contributed by atoms with Crippen LogP contribution >= 0.6 is 0 Å². The summed E-state index contributed by atoms with van der Waals surface area (Å²) in [4.78, 5) is 10.3. The molecule has 0 aliphatic heterocycles. The number of esters is 1. The van der Waals surface area contributed by atoms with Crippen molar-refractivity contribution in [3.8, 4) is 0 Å². The van der Waals surface area contributed by atoms with E-state index in [4.69, 9.17) is 10.2 Å². The van der Waals surface area contributed by atoms with Crippen LogP contribution in [-0.2, 0) is 9.53 Å². The number of aliphatic hydroxyl groups excluding tert-OH is 2. The van der Waals surface area contributed by atoms with Gasteiger partial charge in [-0.05, 0) is 0 Å². The van der Waals surface area contributed by atoms with Crippen molar-refractivity contribution in [2.75, 3.05) is 13.4 Å². The van der Waals surface area contributed by atoms with Crippen molar-refractivity contribution >= 4 is 5.97 Å². The van der Waals surface area contributed by atoms with E-state index >= 15 is 0 Å². The molecule has 9 heavy (non-hydrogen) atoms. The lowest BCUT2D eigenvalue weighted by Crippen LogP contribution is -2.10. The molecule has 0 aromatic heterocycles. The fraction of sp³-hybridized carbons (Fsp3) is 0.400. The van der Waals surface area contributed by atoms with Crippen molar-refractivity contribution in [3.05, 3.63) is 12.2 Å². The molecular weight excluding hydrogens is 124 g/mol. The van der Waals surface area contributed by atoms with E-state index in [0.29, 0.717) is 0 Å². The van der Waals surface area contributed by atoms with E-state index < -0.39 is 19.4 Å². The number of hydrogen-bond donors (Lipinski definition) is 2. The van der Waals surface area contributed by atoms with Gasteiger partial charge < -0.3 is 14.9 Å². The molecule has 0 fully saturated rings. The molecule has 0 aliphatic rings. The average molecular weight is 132 g/mol. The molecule has 0 saturated heterocycles. The van der Waals surface area contributed by atoms with E-state index in [2.05, 4.69) is 11.3 Å². The van der Waals surface area contributed by atoms with Gasteiger partial charge in [0.2, 0.25) is 0 Å². The van der Waals surface area contributed by atoms with Crippen LogP contribution in [0.3, 0.4) is 0 Å². The zero-order chi connectivity index (χ0) is 7.28. The highest BCUT2D eigenvalue weighted by molar-refractivity contribution is 5.87. The SMILES string of the molecule is C=C(CO)C(=O)OCO. The van der Waals surface area contributed by atoms with E-state index in [1.54, 1.807) is 0 Å². The topological polar surface area (TPSA) is 66.8 Å². The smallest absolute Gasteiger partial charge is 0.337 e. The molecule has 0 rings (SSSR count). The molecular formula is C5H8O4. The molecule has 0 unspecified atom stereocenters. The Bertz CT molecular complexity index is 118. The highest BCUT2D eigenvalue weighted by atomic mass is 16.6. The van der Waals surface area contributed by atoms with Crippen LogP contribution in [0.15, 0.2) is 12.2 Å². The first-order valence-corrected chi connectivity index (χ1v) is 2.29. The van der Waals surface area contributed by atoms with Gasteiger partial charge in [0, 0.05) is 0 Å². The summed E-state index contributed by atoms with van der Waals surface area (Å²) in [5, 5.41) is 16.3. The van der Waals surface area contributed by atoms with Crippen LogP contribution in [0.4, 0.5) is 0 Å². The second kappa shape index (κ2) is 4.05. The van der Waals surface area contributed by atoms with Gasteiger partial charge >= 0.3 is 5.97 Å². The van der Waals surface area contributed by atoms with Gasteiger partial charge in [0.1, 0.15) is 0 Å². The zero-order valence-electron chi connectivity index (χ0n) is 4.83. The molecule has 0 aromatic rings. The van der Waals surface area contributed by atoms with E-state index in [0.717, 1.165) is 0 Å². The molecule has 0 radical (unpaired) electrons. The quantitative estimate of drug-likeness (QED) is 0.294. The van der Waals surface area contributed by atoms with Gasteiger partial charge in [-0.1, -0.05) is 6.58 Å². The predicted octanol–water partition coefficient (Wildman–Crippen LogP) is -0.972. The average Bonchev–Trinajstić information content (AvgIpc) is 1.87. The summed E-state index contributed by atoms with van der Waals surface area (Å²) in [6.45, 7) is 2.03. The van der Waals surface area contributed by atoms with Crippen molar-refractivity contribution in [2.24, 2.45) is 0 Å². The Morgan fingerprint density at radius 1 is 1.56 bits per heavy atom. The lowest BCUT2D eigenvalue weighted by atomic mass is 10.3. The lowest BCUT2D eigenvalue weighted by molar-refractivity contribution is -0.147. The van der Waals surface area contributed by atoms with E-state index in [1.807, 2.05) is 0 Å². The Balaban J connectivity index is 3.60. The van der Waals surface area contributed by atoms with Crippen LogP contribution in [0.25, 0.3) is 0 Å². The predicted molar refractivity (Wildman–Crippen MR) is 29.4 cm³/mol. The molecule has 0 saturated carbocycles. The van der Waals surface area contributed by atoms with Crippen molar-refractivity contribution in [3.63, 3.8) is 0 Å². The van der Waals surface area contributed by atoms with Gasteiger partial charge in [0.05, 0.1) is 12.2 Å². The van der Waals surface area contributed by atoms with Crippen LogP contribution in [0, 0.1) is 0 Å². The van der Waals surface area contributed by atoms with Crippen LogP contribution in [-0.4, -0.2) is 29.6 Å². The van der Waals surface area contributed by atoms with Gasteiger partial charge in [-0.25, -0.2) is 4.79 Å². The third kappa shape index (κ3) is 2.84. The summed E-state index contributed by atoms with van der Waals surface area (Å²) >= 11 is 0. The Hall–Kier alpha value is -0.870. The molecule has 4 heteroatoms. The van der Waals surface area contributed by atoms with Crippen molar-refractivity contribution in [1.82, 2.24) is 0 Å². The Kier molecular flexibility index (Phi) is 3.66. The summed E-state index contributed by atoms with van der Waals surface area (Å²) in [6, 6.07) is 0. The normalized spacial score (nSPS) is 8.67. The Labute approximate surface area is 52.4 Å². The minimum absolute atomic E-state index is 0.0657. The summed E-state index contributed by atoms with van der Waals surface area (Å²) in [5.41, 5.74) is -0.0657. The molecule has 0 heterocycles. The third-order valence-electron chi connectivity index (χ3n) is 0.675. The minimum Gasteiger partial charge on any atom is -0.435 e. The summed E-state index contributed by atoms with van der Waals surface area (Å²) in [7, 11) is 0. The van der Waals surface area contributed by atoms with Gasteiger partial charge in [0.25, 0.3) is 0 Å². The lowest BCUT2D eigenvalue weighted by Gasteiger charge is -1.98. The summed E-state index contributed by atoms with van der Waals surface area (Å²) in [6.07, 6.45) is 0. The zero-order valence-corrected chi connectivity index (χ0v) is 4.83. The highest BCUT2D eigenvalue weighted by Crippen LogP contribution is 1.90. The number of carbonyl (C=O) groups is 1. The third-order valence-corrected chi connectivity index (χ3v) is 0.675. The monoisotopic (exact) mass is 132 g/mol. The van der Waals surface area contributed by atoms with Gasteiger partial charge in [-0.15, -0.1) is 0 Å². The van der Waals surface area contributed by atoms with Crippen LogP contribution in [0.2, 0.25) is 0 Å². The highest BCUT2D eigenvalue weighted by Gasteiger charge is 2.04. The van der Waals surface area contributed by atoms with Crippen molar-refractivity contribution in [1.29, 1.82) is 0 Å². The molecule has 0 aliphatic carbocycles. The van der Waals surface area contributed by atoms with Crippen molar-refractivity contribution in [2.45, 2.75) is 0 Å². The van der Waals surface area contributed by atoms with Crippen LogP contribution in [0.1, 0.15) is 0 Å². The van der Waals surface area contributed by atoms with E-state index in [1.165, 1.54) is 0 Å². The molecule has 4 nitrogen and oxygen atoms in total. The Morgan fingerprint density at radius 3 is 2.44 bits per heavy atom. The molecule has 0 aromatic carbocycles.